The third-order valence-electron chi connectivity index (χ3n) is 4.18. The summed E-state index contributed by atoms with van der Waals surface area (Å²) in [4.78, 5) is 16.6. The summed E-state index contributed by atoms with van der Waals surface area (Å²) in [6.07, 6.45) is 2.15. The molecule has 1 aromatic carbocycles. The molecule has 2 heterocycles. The minimum absolute atomic E-state index is 0. The van der Waals surface area contributed by atoms with Crippen LogP contribution in [0.1, 0.15) is 12.0 Å². The Morgan fingerprint density at radius 3 is 2.85 bits per heavy atom. The molecule has 2 aliphatic rings. The van der Waals surface area contributed by atoms with Crippen LogP contribution in [0.25, 0.3) is 0 Å². The lowest BCUT2D eigenvalue weighted by Crippen LogP contribution is -2.58. The molecular formula is C15H22ClN3O. The molecule has 1 amide bonds. The molecule has 0 radical (unpaired) electrons. The van der Waals surface area contributed by atoms with Crippen molar-refractivity contribution in [2.75, 3.05) is 38.1 Å². The second kappa shape index (κ2) is 6.57. The van der Waals surface area contributed by atoms with E-state index in [4.69, 9.17) is 0 Å². The molecule has 3 rings (SSSR count). The van der Waals surface area contributed by atoms with Crippen molar-refractivity contribution < 1.29 is 4.79 Å². The Hall–Kier alpha value is -1.10. The molecule has 5 heteroatoms. The van der Waals surface area contributed by atoms with Crippen LogP contribution in [-0.2, 0) is 11.2 Å². The molecule has 0 aromatic heterocycles. The number of nitrogens with zero attached hydrogens (tertiary/aromatic N) is 2. The zero-order chi connectivity index (χ0) is 13.2. The average molecular weight is 296 g/mol. The molecule has 1 aromatic rings. The average Bonchev–Trinajstić information content (AvgIpc) is 2.35. The molecule has 0 aliphatic carbocycles. The van der Waals surface area contributed by atoms with Crippen LogP contribution in [0, 0.1) is 0 Å². The first-order valence-corrected chi connectivity index (χ1v) is 7.05. The lowest BCUT2D eigenvalue weighted by Gasteiger charge is -2.37. The Bertz CT molecular complexity index is 476. The normalized spacial score (nSPS) is 18.2. The Morgan fingerprint density at radius 2 is 2.15 bits per heavy atom. The van der Waals surface area contributed by atoms with Gasteiger partial charge in [0.1, 0.15) is 0 Å². The van der Waals surface area contributed by atoms with Crippen molar-refractivity contribution in [2.45, 2.75) is 18.9 Å². The fourth-order valence-corrected chi connectivity index (χ4v) is 2.81. The molecule has 110 valence electrons. The highest BCUT2D eigenvalue weighted by atomic mass is 35.5. The zero-order valence-electron chi connectivity index (χ0n) is 11.8. The molecule has 2 aliphatic heterocycles. The lowest BCUT2D eigenvalue weighted by atomic mass is 10.0. The van der Waals surface area contributed by atoms with Gasteiger partial charge in [-0.25, -0.2) is 0 Å². The van der Waals surface area contributed by atoms with E-state index in [1.807, 2.05) is 18.0 Å². The van der Waals surface area contributed by atoms with Crippen molar-refractivity contribution in [2.24, 2.45) is 0 Å². The smallest absolute Gasteiger partial charge is 0.241 e. The molecule has 1 fully saturated rings. The van der Waals surface area contributed by atoms with Crippen LogP contribution in [0.5, 0.6) is 0 Å². The summed E-state index contributed by atoms with van der Waals surface area (Å²) in [6, 6.07) is 8.79. The number of rotatable bonds is 3. The third-order valence-corrected chi connectivity index (χ3v) is 4.18. The first-order valence-electron chi connectivity index (χ1n) is 7.05. The van der Waals surface area contributed by atoms with Gasteiger partial charge in [0.15, 0.2) is 0 Å². The van der Waals surface area contributed by atoms with E-state index < -0.39 is 0 Å². The standard InChI is InChI=1S/C15H21N3O.ClH/c1-17(13-9-16-10-13)11-15(19)18-8-4-6-12-5-2-3-7-14(12)18;/h2-3,5,7,13,16H,4,6,8-11H2,1H3;1H. The van der Waals surface area contributed by atoms with Gasteiger partial charge < -0.3 is 10.2 Å². The number of nitrogens with one attached hydrogen (secondary N) is 1. The number of hydrogen-bond acceptors (Lipinski definition) is 3. The molecule has 1 saturated heterocycles. The number of halogens is 1. The summed E-state index contributed by atoms with van der Waals surface area (Å²) < 4.78 is 0. The van der Waals surface area contributed by atoms with E-state index in [2.05, 4.69) is 28.4 Å². The van der Waals surface area contributed by atoms with Crippen LogP contribution in [-0.4, -0.2) is 50.1 Å². The topological polar surface area (TPSA) is 35.6 Å². The van der Waals surface area contributed by atoms with Crippen LogP contribution in [0.15, 0.2) is 24.3 Å². The Kier molecular flexibility index (Phi) is 5.02. The van der Waals surface area contributed by atoms with Crippen molar-refractivity contribution in [1.29, 1.82) is 0 Å². The van der Waals surface area contributed by atoms with Gasteiger partial charge in [0.25, 0.3) is 0 Å². The molecule has 0 atom stereocenters. The van der Waals surface area contributed by atoms with E-state index in [1.165, 1.54) is 5.56 Å². The van der Waals surface area contributed by atoms with Crippen LogP contribution in [0.2, 0.25) is 0 Å². The van der Waals surface area contributed by atoms with Gasteiger partial charge in [0.05, 0.1) is 6.54 Å². The number of anilines is 1. The van der Waals surface area contributed by atoms with E-state index in [-0.39, 0.29) is 18.3 Å². The van der Waals surface area contributed by atoms with Crippen molar-refractivity contribution in [3.05, 3.63) is 29.8 Å². The fraction of sp³-hybridized carbons (Fsp3) is 0.533. The van der Waals surface area contributed by atoms with Gasteiger partial charge in [-0.3, -0.25) is 9.69 Å². The maximum absolute atomic E-state index is 12.5. The predicted octanol–water partition coefficient (Wildman–Crippen LogP) is 1.29. The van der Waals surface area contributed by atoms with Gasteiger partial charge in [-0.1, -0.05) is 18.2 Å². The fourth-order valence-electron chi connectivity index (χ4n) is 2.81. The van der Waals surface area contributed by atoms with Crippen LogP contribution < -0.4 is 10.2 Å². The SMILES string of the molecule is CN(CC(=O)N1CCCc2ccccc21)C1CNC1.Cl. The van der Waals surface area contributed by atoms with Crippen molar-refractivity contribution in [3.8, 4) is 0 Å². The number of carbonyl (C=O) groups is 1. The van der Waals surface area contributed by atoms with Gasteiger partial charge in [0, 0.05) is 31.4 Å². The van der Waals surface area contributed by atoms with E-state index in [9.17, 15) is 4.79 Å². The number of likely N-dealkylation sites (N-methyl/N-ethyl adjacent to an activating group) is 1. The molecular weight excluding hydrogens is 274 g/mol. The van der Waals surface area contributed by atoms with E-state index in [0.717, 1.165) is 38.2 Å². The highest BCUT2D eigenvalue weighted by molar-refractivity contribution is 5.95. The van der Waals surface area contributed by atoms with E-state index >= 15 is 0 Å². The van der Waals surface area contributed by atoms with Crippen molar-refractivity contribution in [3.63, 3.8) is 0 Å². The summed E-state index contributed by atoms with van der Waals surface area (Å²) in [5, 5.41) is 3.24. The highest BCUT2D eigenvalue weighted by Crippen LogP contribution is 2.26. The highest BCUT2D eigenvalue weighted by Gasteiger charge is 2.27. The minimum Gasteiger partial charge on any atom is -0.314 e. The maximum Gasteiger partial charge on any atom is 0.241 e. The van der Waals surface area contributed by atoms with Crippen molar-refractivity contribution >= 4 is 24.0 Å². The molecule has 0 unspecified atom stereocenters. The Labute approximate surface area is 126 Å². The first kappa shape index (κ1) is 15.3. The van der Waals surface area contributed by atoms with Gasteiger partial charge in [-0.15, -0.1) is 12.4 Å². The third kappa shape index (κ3) is 2.97. The van der Waals surface area contributed by atoms with Crippen molar-refractivity contribution in [1.82, 2.24) is 10.2 Å². The Balaban J connectivity index is 0.00000147. The summed E-state index contributed by atoms with van der Waals surface area (Å²) in [6.45, 7) is 3.37. The molecule has 1 N–H and O–H groups in total. The number of aryl methyl sites for hydroxylation is 1. The van der Waals surface area contributed by atoms with Gasteiger partial charge in [-0.2, -0.15) is 0 Å². The monoisotopic (exact) mass is 295 g/mol. The van der Waals surface area contributed by atoms with E-state index in [0.29, 0.717) is 12.6 Å². The Morgan fingerprint density at radius 1 is 1.40 bits per heavy atom. The quantitative estimate of drug-likeness (QED) is 0.913. The summed E-state index contributed by atoms with van der Waals surface area (Å²) >= 11 is 0. The molecule has 20 heavy (non-hydrogen) atoms. The summed E-state index contributed by atoms with van der Waals surface area (Å²) in [5.74, 6) is 0.224. The molecule has 0 saturated carbocycles. The number of benzene rings is 1. The maximum atomic E-state index is 12.5. The zero-order valence-corrected chi connectivity index (χ0v) is 12.7. The summed E-state index contributed by atoms with van der Waals surface area (Å²) in [7, 11) is 2.04. The number of amides is 1. The lowest BCUT2D eigenvalue weighted by molar-refractivity contribution is -0.120. The number of hydrogen-bond donors (Lipinski definition) is 1. The predicted molar refractivity (Wildman–Crippen MR) is 83.7 cm³/mol. The molecule has 0 bridgehead atoms. The first-order chi connectivity index (χ1) is 9.25. The second-order valence-electron chi connectivity index (χ2n) is 5.50. The van der Waals surface area contributed by atoms with Gasteiger partial charge in [0.2, 0.25) is 5.91 Å². The number of carbonyl (C=O) groups excluding carboxylic acids is 1. The van der Waals surface area contributed by atoms with Crippen LogP contribution >= 0.6 is 12.4 Å². The van der Waals surface area contributed by atoms with Crippen LogP contribution in [0.4, 0.5) is 5.69 Å². The number of para-hydroxylation sites is 1. The molecule has 4 nitrogen and oxygen atoms in total. The number of fused-ring (bicyclic) bond motifs is 1. The van der Waals surface area contributed by atoms with Crippen LogP contribution in [0.3, 0.4) is 0 Å². The second-order valence-corrected chi connectivity index (χ2v) is 5.50. The summed E-state index contributed by atoms with van der Waals surface area (Å²) in [5.41, 5.74) is 2.41. The van der Waals surface area contributed by atoms with Gasteiger partial charge in [-0.05, 0) is 31.5 Å². The molecule has 0 spiro atoms. The minimum atomic E-state index is 0. The van der Waals surface area contributed by atoms with Gasteiger partial charge >= 0.3 is 0 Å². The van der Waals surface area contributed by atoms with E-state index in [1.54, 1.807) is 0 Å². The largest absolute Gasteiger partial charge is 0.314 e.